The average Bonchev–Trinajstić information content (AvgIpc) is 3.31. The van der Waals surface area contributed by atoms with Crippen LogP contribution in [0.2, 0.25) is 0 Å². The van der Waals surface area contributed by atoms with Crippen LogP contribution >= 0.6 is 11.8 Å². The van der Waals surface area contributed by atoms with Crippen molar-refractivity contribution < 1.29 is 43.2 Å². The van der Waals surface area contributed by atoms with Crippen LogP contribution in [0, 0.1) is 0 Å². The van der Waals surface area contributed by atoms with E-state index in [-0.39, 0.29) is 16.7 Å². The maximum Gasteiger partial charge on any atom is 0.446 e. The molecular weight excluding hydrogens is 477 g/mol. The predicted molar refractivity (Wildman–Crippen MR) is 119 cm³/mol. The van der Waals surface area contributed by atoms with Gasteiger partial charge < -0.3 is 25.7 Å². The van der Waals surface area contributed by atoms with Crippen molar-refractivity contribution in [3.8, 4) is 0 Å². The largest absolute Gasteiger partial charge is 0.479 e. The highest BCUT2D eigenvalue weighted by molar-refractivity contribution is 8.00. The van der Waals surface area contributed by atoms with Gasteiger partial charge in [0.1, 0.15) is 0 Å². The predicted octanol–water partition coefficient (Wildman–Crippen LogP) is 2.67. The molecule has 34 heavy (non-hydrogen) atoms. The van der Waals surface area contributed by atoms with E-state index in [9.17, 15) is 22.8 Å². The van der Waals surface area contributed by atoms with Crippen LogP contribution in [0.5, 0.6) is 0 Å². The Bertz CT molecular complexity index is 783. The van der Waals surface area contributed by atoms with Gasteiger partial charge >= 0.3 is 17.4 Å². The van der Waals surface area contributed by atoms with Crippen molar-refractivity contribution in [2.75, 3.05) is 13.1 Å². The first-order valence-electron chi connectivity index (χ1n) is 11.1. The van der Waals surface area contributed by atoms with Gasteiger partial charge in [0, 0.05) is 30.1 Å². The number of halogens is 3. The second kappa shape index (κ2) is 13.3. The van der Waals surface area contributed by atoms with Gasteiger partial charge in [-0.2, -0.15) is 13.2 Å². The van der Waals surface area contributed by atoms with Crippen molar-refractivity contribution in [2.45, 2.75) is 79.8 Å². The highest BCUT2D eigenvalue weighted by Crippen LogP contribution is 2.37. The number of hydrogen-bond donors (Lipinski definition) is 5. The molecule has 0 bridgehead atoms. The lowest BCUT2D eigenvalue weighted by Gasteiger charge is -2.38. The van der Waals surface area contributed by atoms with Gasteiger partial charge in [0.05, 0.1) is 0 Å². The van der Waals surface area contributed by atoms with Gasteiger partial charge in [-0.3, -0.25) is 4.90 Å². The fraction of sp³-hybridized carbons (Fsp3) is 0.636. The van der Waals surface area contributed by atoms with Gasteiger partial charge in [-0.05, 0) is 55.3 Å². The first kappa shape index (κ1) is 28.4. The molecule has 2 fully saturated rings. The summed E-state index contributed by atoms with van der Waals surface area (Å²) in [7, 11) is 0. The molecule has 2 aliphatic rings. The first-order valence-corrected chi connectivity index (χ1v) is 11.9. The number of nitrogens with zero attached hydrogens (tertiary/aromatic N) is 1. The third kappa shape index (κ3) is 9.41. The number of carboxylic acid groups (broad SMARTS) is 2. The number of nitrogens with one attached hydrogen (secondary N) is 1. The zero-order valence-corrected chi connectivity index (χ0v) is 19.4. The topological polar surface area (TPSA) is 130 Å². The van der Waals surface area contributed by atoms with E-state index in [0.717, 1.165) is 31.6 Å². The van der Waals surface area contributed by atoms with E-state index >= 15 is 0 Å². The van der Waals surface area contributed by atoms with E-state index in [1.54, 1.807) is 18.2 Å². The van der Waals surface area contributed by atoms with Gasteiger partial charge in [-0.1, -0.05) is 31.4 Å². The van der Waals surface area contributed by atoms with Crippen molar-refractivity contribution in [2.24, 2.45) is 0 Å². The molecular formula is C22H31F3N2O6S. The Morgan fingerprint density at radius 2 is 1.65 bits per heavy atom. The second-order valence-electron chi connectivity index (χ2n) is 8.37. The number of thioether (sulfide) groups is 1. The van der Waals surface area contributed by atoms with Crippen LogP contribution in [-0.2, 0) is 16.1 Å². The molecule has 0 amide bonds. The molecule has 3 rings (SSSR count). The van der Waals surface area contributed by atoms with Crippen molar-refractivity contribution in [3.05, 3.63) is 29.8 Å². The Morgan fingerprint density at radius 3 is 2.15 bits per heavy atom. The molecule has 1 heterocycles. The Morgan fingerprint density at radius 1 is 1.03 bits per heavy atom. The average molecular weight is 509 g/mol. The number of hydrogen-bond acceptors (Lipinski definition) is 7. The normalized spacial score (nSPS) is 20.9. The summed E-state index contributed by atoms with van der Waals surface area (Å²) in [5.74, 6) is -3.54. The van der Waals surface area contributed by atoms with Crippen molar-refractivity contribution in [1.29, 1.82) is 0 Å². The molecule has 12 heteroatoms. The highest BCUT2D eigenvalue weighted by Gasteiger charge is 2.31. The van der Waals surface area contributed by atoms with Crippen molar-refractivity contribution >= 4 is 23.7 Å². The number of aliphatic hydroxyl groups is 2. The summed E-state index contributed by atoms with van der Waals surface area (Å²) < 4.78 is 37.8. The quantitative estimate of drug-likeness (QED) is 0.337. The molecule has 1 aliphatic heterocycles. The van der Waals surface area contributed by atoms with E-state index in [2.05, 4.69) is 10.2 Å². The Kier molecular flexibility index (Phi) is 11.1. The highest BCUT2D eigenvalue weighted by atomic mass is 32.2. The lowest BCUT2D eigenvalue weighted by atomic mass is 9.92. The van der Waals surface area contributed by atoms with Crippen LogP contribution in [0.25, 0.3) is 0 Å². The minimum Gasteiger partial charge on any atom is -0.479 e. The van der Waals surface area contributed by atoms with Gasteiger partial charge in [-0.15, -0.1) is 0 Å². The summed E-state index contributed by atoms with van der Waals surface area (Å²) >= 11 is -0.0210. The molecule has 0 spiro atoms. The summed E-state index contributed by atoms with van der Waals surface area (Å²) in [6.07, 6.45) is 2.88. The maximum atomic E-state index is 12.6. The van der Waals surface area contributed by atoms with Gasteiger partial charge in [0.2, 0.25) is 0 Å². The summed E-state index contributed by atoms with van der Waals surface area (Å²) in [4.78, 5) is 22.4. The smallest absolute Gasteiger partial charge is 0.446 e. The molecule has 8 nitrogen and oxygen atoms in total. The van der Waals surface area contributed by atoms with Crippen molar-refractivity contribution in [3.63, 3.8) is 0 Å². The Labute approximate surface area is 200 Å². The number of rotatable bonds is 8. The number of alkyl halides is 3. The van der Waals surface area contributed by atoms with E-state index in [0.29, 0.717) is 12.1 Å². The van der Waals surface area contributed by atoms with Crippen molar-refractivity contribution in [1.82, 2.24) is 10.2 Å². The van der Waals surface area contributed by atoms with Crippen LogP contribution in [-0.4, -0.2) is 80.2 Å². The SMILES string of the molecule is FC(F)(F)Sc1cccc(CN(C2CCCCC2)[C@H]2CCNC2)c1.O=C(O)C(O)C(O)C(=O)O. The zero-order valence-electron chi connectivity index (χ0n) is 18.6. The molecule has 1 aliphatic carbocycles. The fourth-order valence-corrected chi connectivity index (χ4v) is 4.84. The monoisotopic (exact) mass is 508 g/mol. The van der Waals surface area contributed by atoms with Gasteiger partial charge in [-0.25, -0.2) is 9.59 Å². The molecule has 1 aromatic carbocycles. The number of aliphatic carboxylic acids is 2. The van der Waals surface area contributed by atoms with E-state index in [4.69, 9.17) is 20.4 Å². The van der Waals surface area contributed by atoms with Crippen LogP contribution in [0.1, 0.15) is 44.1 Å². The number of carboxylic acids is 2. The zero-order chi connectivity index (χ0) is 25.3. The third-order valence-corrected chi connectivity index (χ3v) is 6.57. The molecule has 1 saturated heterocycles. The van der Waals surface area contributed by atoms with E-state index in [1.807, 2.05) is 6.07 Å². The molecule has 192 valence electrons. The second-order valence-corrected chi connectivity index (χ2v) is 9.51. The maximum absolute atomic E-state index is 12.6. The lowest BCUT2D eigenvalue weighted by molar-refractivity contribution is -0.165. The summed E-state index contributed by atoms with van der Waals surface area (Å²) in [6, 6.07) is 8.03. The minimum absolute atomic E-state index is 0.0210. The number of aliphatic hydroxyl groups excluding tert-OH is 2. The number of carbonyl (C=O) groups is 2. The van der Waals surface area contributed by atoms with E-state index in [1.165, 1.54) is 32.1 Å². The molecule has 1 aromatic rings. The molecule has 3 atom stereocenters. The standard InChI is InChI=1S/C18H25F3N2S.C4H6O6/c19-18(20,21)24-17-8-4-5-14(11-17)13-23(16-9-10-22-12-16)15-6-2-1-3-7-15;5-1(3(7)8)2(6)4(9)10/h4-5,8,11,15-16,22H,1-3,6-7,9-10,12-13H2;1-2,5-6H,(H,7,8)(H,9,10)/t16-;/m0./s1. The summed E-state index contributed by atoms with van der Waals surface area (Å²) in [5, 5.41) is 36.0. The molecule has 0 radical (unpaired) electrons. The molecule has 2 unspecified atom stereocenters. The molecule has 0 aromatic heterocycles. The summed E-state index contributed by atoms with van der Waals surface area (Å²) in [6.45, 7) is 2.79. The fourth-order valence-electron chi connectivity index (χ4n) is 4.21. The Balaban J connectivity index is 0.000000347. The Hall–Kier alpha value is -1.86. The van der Waals surface area contributed by atoms with Crippen LogP contribution in [0.3, 0.4) is 0 Å². The molecule has 1 saturated carbocycles. The van der Waals surface area contributed by atoms with Crippen LogP contribution < -0.4 is 5.32 Å². The first-order chi connectivity index (χ1) is 16.0. The van der Waals surface area contributed by atoms with E-state index < -0.39 is 29.7 Å². The lowest BCUT2D eigenvalue weighted by Crippen LogP contribution is -2.44. The molecule has 5 N–H and O–H groups in total. The van der Waals surface area contributed by atoms with Crippen LogP contribution in [0.15, 0.2) is 29.2 Å². The number of benzene rings is 1. The third-order valence-electron chi connectivity index (χ3n) is 5.85. The minimum atomic E-state index is -4.23. The summed E-state index contributed by atoms with van der Waals surface area (Å²) in [5.41, 5.74) is -3.24. The van der Waals surface area contributed by atoms with Crippen LogP contribution in [0.4, 0.5) is 13.2 Å². The van der Waals surface area contributed by atoms with Gasteiger partial charge in [0.25, 0.3) is 0 Å². The van der Waals surface area contributed by atoms with Gasteiger partial charge in [0.15, 0.2) is 12.2 Å².